The molecular formula is C22H34N2O2. The minimum Gasteiger partial charge on any atom is -0.493 e. The molecule has 1 saturated carbocycles. The van der Waals surface area contributed by atoms with Gasteiger partial charge in [-0.3, -0.25) is 4.90 Å². The topological polar surface area (TPSA) is 24.9 Å². The third-order valence-corrected chi connectivity index (χ3v) is 6.51. The molecule has 0 spiro atoms. The molecule has 2 atom stereocenters. The first-order chi connectivity index (χ1) is 12.5. The lowest BCUT2D eigenvalue weighted by molar-refractivity contribution is 0.0293. The highest BCUT2D eigenvalue weighted by Gasteiger charge is 2.37. The average Bonchev–Trinajstić information content (AvgIpc) is 2.57. The number of hydrogen-bond acceptors (Lipinski definition) is 4. The van der Waals surface area contributed by atoms with Crippen LogP contribution in [0, 0.1) is 5.92 Å². The molecule has 26 heavy (non-hydrogen) atoms. The zero-order chi connectivity index (χ0) is 18.3. The maximum Gasteiger partial charge on any atom is 0.161 e. The summed E-state index contributed by atoms with van der Waals surface area (Å²) in [5.74, 6) is 2.61. The van der Waals surface area contributed by atoms with E-state index in [2.05, 4.69) is 42.8 Å². The number of piperazine rings is 1. The average molecular weight is 359 g/mol. The van der Waals surface area contributed by atoms with E-state index < -0.39 is 0 Å². The van der Waals surface area contributed by atoms with Crippen LogP contribution in [-0.4, -0.2) is 55.7 Å². The summed E-state index contributed by atoms with van der Waals surface area (Å²) in [5.41, 5.74) is 2.90. The monoisotopic (exact) mass is 358 g/mol. The minimum atomic E-state index is 0.389. The van der Waals surface area contributed by atoms with E-state index in [1.807, 2.05) is 0 Å². The Bertz CT molecular complexity index is 641. The van der Waals surface area contributed by atoms with Crippen molar-refractivity contribution in [1.82, 2.24) is 9.80 Å². The molecule has 0 aromatic heterocycles. The zero-order valence-corrected chi connectivity index (χ0v) is 16.8. The molecule has 2 fully saturated rings. The van der Waals surface area contributed by atoms with Gasteiger partial charge in [-0.2, -0.15) is 0 Å². The van der Waals surface area contributed by atoms with Crippen molar-refractivity contribution in [2.45, 2.75) is 64.1 Å². The number of fused-ring (bicyclic) bond motifs is 3. The number of rotatable bonds is 5. The fourth-order valence-electron chi connectivity index (χ4n) is 4.74. The fourth-order valence-corrected chi connectivity index (χ4v) is 4.74. The van der Waals surface area contributed by atoms with Gasteiger partial charge in [0.15, 0.2) is 11.5 Å². The zero-order valence-electron chi connectivity index (χ0n) is 16.8. The van der Waals surface area contributed by atoms with E-state index in [1.54, 1.807) is 7.11 Å². The standard InChI is InChI=1S/C22H34N2O2/c1-15(2)10-17-13-24-9-8-16-11-22(26-18-6-5-7-18)21(25-4)12-19(16)20(24)14-23(17)3/h11-12,15,17-18,20H,5-10,13-14H2,1-4H3/t17-,20?/m1/s1. The molecular weight excluding hydrogens is 324 g/mol. The summed E-state index contributed by atoms with van der Waals surface area (Å²) in [7, 11) is 4.06. The summed E-state index contributed by atoms with van der Waals surface area (Å²) in [6, 6.07) is 5.69. The van der Waals surface area contributed by atoms with Crippen LogP contribution in [-0.2, 0) is 6.42 Å². The minimum absolute atomic E-state index is 0.389. The molecule has 1 aromatic carbocycles. The molecule has 0 bridgehead atoms. The lowest BCUT2D eigenvalue weighted by atomic mass is 9.87. The number of methoxy groups -OCH3 is 1. The van der Waals surface area contributed by atoms with Crippen LogP contribution < -0.4 is 9.47 Å². The van der Waals surface area contributed by atoms with Crippen LogP contribution in [0.25, 0.3) is 0 Å². The first-order valence-electron chi connectivity index (χ1n) is 10.4. The largest absolute Gasteiger partial charge is 0.493 e. The smallest absolute Gasteiger partial charge is 0.161 e. The van der Waals surface area contributed by atoms with E-state index in [0.717, 1.165) is 36.9 Å². The normalized spacial score (nSPS) is 27.0. The van der Waals surface area contributed by atoms with Crippen molar-refractivity contribution in [3.8, 4) is 11.5 Å². The van der Waals surface area contributed by atoms with Crippen LogP contribution >= 0.6 is 0 Å². The lowest BCUT2D eigenvalue weighted by Gasteiger charge is -2.48. The Morgan fingerprint density at radius 1 is 1.15 bits per heavy atom. The lowest BCUT2D eigenvalue weighted by Crippen LogP contribution is -2.55. The Labute approximate surface area is 158 Å². The van der Waals surface area contributed by atoms with Crippen molar-refractivity contribution in [3.05, 3.63) is 23.3 Å². The van der Waals surface area contributed by atoms with Gasteiger partial charge in [0.2, 0.25) is 0 Å². The van der Waals surface area contributed by atoms with Crippen LogP contribution in [0.15, 0.2) is 12.1 Å². The summed E-state index contributed by atoms with van der Waals surface area (Å²) in [6.45, 7) is 8.12. The highest BCUT2D eigenvalue weighted by atomic mass is 16.5. The van der Waals surface area contributed by atoms with Gasteiger partial charge >= 0.3 is 0 Å². The quantitative estimate of drug-likeness (QED) is 0.797. The van der Waals surface area contributed by atoms with Crippen molar-refractivity contribution in [3.63, 3.8) is 0 Å². The molecule has 0 radical (unpaired) electrons. The Morgan fingerprint density at radius 3 is 2.62 bits per heavy atom. The first kappa shape index (κ1) is 18.1. The molecule has 4 nitrogen and oxygen atoms in total. The molecule has 1 aliphatic carbocycles. The maximum atomic E-state index is 6.21. The van der Waals surface area contributed by atoms with Crippen LogP contribution in [0.1, 0.15) is 56.7 Å². The van der Waals surface area contributed by atoms with Gasteiger partial charge in [-0.25, -0.2) is 0 Å². The molecule has 144 valence electrons. The van der Waals surface area contributed by atoms with Gasteiger partial charge in [-0.05, 0) is 68.3 Å². The van der Waals surface area contributed by atoms with Gasteiger partial charge in [0.25, 0.3) is 0 Å². The maximum absolute atomic E-state index is 6.21. The Kier molecular flexibility index (Phi) is 5.15. The molecule has 1 saturated heterocycles. The van der Waals surface area contributed by atoms with E-state index in [9.17, 15) is 0 Å². The van der Waals surface area contributed by atoms with Gasteiger partial charge < -0.3 is 14.4 Å². The van der Waals surface area contributed by atoms with E-state index >= 15 is 0 Å². The van der Waals surface area contributed by atoms with Crippen molar-refractivity contribution in [2.75, 3.05) is 33.8 Å². The van der Waals surface area contributed by atoms with E-state index in [-0.39, 0.29) is 0 Å². The summed E-state index contributed by atoms with van der Waals surface area (Å²) >= 11 is 0. The second kappa shape index (κ2) is 7.40. The predicted molar refractivity (Wildman–Crippen MR) is 105 cm³/mol. The van der Waals surface area contributed by atoms with E-state index in [0.29, 0.717) is 18.2 Å². The molecule has 0 amide bonds. The van der Waals surface area contributed by atoms with Gasteiger partial charge in [0.1, 0.15) is 0 Å². The Balaban J connectivity index is 1.57. The summed E-state index contributed by atoms with van der Waals surface area (Å²) in [5, 5.41) is 0. The highest BCUT2D eigenvalue weighted by molar-refractivity contribution is 5.50. The third-order valence-electron chi connectivity index (χ3n) is 6.51. The van der Waals surface area contributed by atoms with Crippen LogP contribution in [0.5, 0.6) is 11.5 Å². The first-order valence-corrected chi connectivity index (χ1v) is 10.4. The second-order valence-electron chi connectivity index (χ2n) is 8.86. The second-order valence-corrected chi connectivity index (χ2v) is 8.86. The van der Waals surface area contributed by atoms with E-state index in [4.69, 9.17) is 9.47 Å². The van der Waals surface area contributed by atoms with Crippen LogP contribution in [0.2, 0.25) is 0 Å². The Morgan fingerprint density at radius 2 is 1.96 bits per heavy atom. The number of benzene rings is 1. The van der Waals surface area contributed by atoms with Gasteiger partial charge in [-0.15, -0.1) is 0 Å². The SMILES string of the molecule is COc1cc2c(cc1OC1CCC1)CCN1C[C@@H](CC(C)C)N(C)CC21. The molecule has 0 N–H and O–H groups in total. The van der Waals surface area contributed by atoms with Crippen molar-refractivity contribution >= 4 is 0 Å². The summed E-state index contributed by atoms with van der Waals surface area (Å²) in [6.07, 6.45) is 6.44. The fraction of sp³-hybridized carbons (Fsp3) is 0.727. The summed E-state index contributed by atoms with van der Waals surface area (Å²) < 4.78 is 11.9. The summed E-state index contributed by atoms with van der Waals surface area (Å²) in [4.78, 5) is 5.27. The molecule has 2 aliphatic heterocycles. The van der Waals surface area contributed by atoms with Crippen molar-refractivity contribution in [2.24, 2.45) is 5.92 Å². The molecule has 1 unspecified atom stereocenters. The van der Waals surface area contributed by atoms with Crippen LogP contribution in [0.3, 0.4) is 0 Å². The number of nitrogens with zero attached hydrogens (tertiary/aromatic N) is 2. The molecule has 3 aliphatic rings. The number of ether oxygens (including phenoxy) is 2. The third kappa shape index (κ3) is 3.46. The van der Waals surface area contributed by atoms with Gasteiger partial charge in [0, 0.05) is 31.7 Å². The van der Waals surface area contributed by atoms with Gasteiger partial charge in [0.05, 0.1) is 13.2 Å². The molecule has 4 heteroatoms. The predicted octanol–water partition coefficient (Wildman–Crippen LogP) is 3.89. The van der Waals surface area contributed by atoms with Gasteiger partial charge in [-0.1, -0.05) is 13.8 Å². The number of hydrogen-bond donors (Lipinski definition) is 0. The Hall–Kier alpha value is -1.26. The molecule has 1 aromatic rings. The number of likely N-dealkylation sites (N-methyl/N-ethyl adjacent to an activating group) is 1. The molecule has 4 rings (SSSR count). The highest BCUT2D eigenvalue weighted by Crippen LogP contribution is 2.41. The van der Waals surface area contributed by atoms with E-state index in [1.165, 1.54) is 43.4 Å². The van der Waals surface area contributed by atoms with Crippen molar-refractivity contribution < 1.29 is 9.47 Å². The molecule has 2 heterocycles. The van der Waals surface area contributed by atoms with Crippen molar-refractivity contribution in [1.29, 1.82) is 0 Å². The van der Waals surface area contributed by atoms with Crippen LogP contribution in [0.4, 0.5) is 0 Å².